The summed E-state index contributed by atoms with van der Waals surface area (Å²) in [4.78, 5) is 0. The molecule has 1 saturated carbocycles. The zero-order valence-electron chi connectivity index (χ0n) is 9.89. The molecular formula is C14H18N2O. The lowest BCUT2D eigenvalue weighted by Crippen LogP contribution is -2.34. The lowest BCUT2D eigenvalue weighted by Gasteiger charge is -2.26. The van der Waals surface area contributed by atoms with Crippen LogP contribution in [0, 0.1) is 11.3 Å². The summed E-state index contributed by atoms with van der Waals surface area (Å²) in [5.41, 5.74) is 1.91. The van der Waals surface area contributed by atoms with Crippen LogP contribution in [-0.4, -0.2) is 17.3 Å². The van der Waals surface area contributed by atoms with Gasteiger partial charge in [0.05, 0.1) is 17.7 Å². The molecule has 1 aromatic rings. The van der Waals surface area contributed by atoms with E-state index in [0.717, 1.165) is 32.2 Å². The van der Waals surface area contributed by atoms with Crippen LogP contribution in [0.25, 0.3) is 0 Å². The predicted octanol–water partition coefficient (Wildman–Crippen LogP) is 1.95. The van der Waals surface area contributed by atoms with Gasteiger partial charge in [0.25, 0.3) is 0 Å². The summed E-state index contributed by atoms with van der Waals surface area (Å²) in [5, 5.41) is 21.6. The zero-order chi connectivity index (χ0) is 12.1. The second kappa shape index (κ2) is 5.81. The number of aliphatic hydroxyl groups excluding tert-OH is 1. The van der Waals surface area contributed by atoms with E-state index in [1.54, 1.807) is 0 Å². The summed E-state index contributed by atoms with van der Waals surface area (Å²) in [6.07, 6.45) is 3.83. The average molecular weight is 230 g/mol. The summed E-state index contributed by atoms with van der Waals surface area (Å²) in [6.45, 7) is 0.840. The molecule has 0 heterocycles. The van der Waals surface area contributed by atoms with Crippen molar-refractivity contribution in [2.45, 2.75) is 44.4 Å². The number of nitrogens with zero attached hydrogens (tertiary/aromatic N) is 1. The maximum Gasteiger partial charge on any atom is 0.0991 e. The van der Waals surface area contributed by atoms with Crippen LogP contribution < -0.4 is 5.32 Å². The molecule has 3 heteroatoms. The summed E-state index contributed by atoms with van der Waals surface area (Å²) in [7, 11) is 0. The lowest BCUT2D eigenvalue weighted by molar-refractivity contribution is 0.116. The normalized spacial score (nSPS) is 24.2. The Morgan fingerprint density at radius 3 is 2.41 bits per heavy atom. The van der Waals surface area contributed by atoms with Gasteiger partial charge >= 0.3 is 0 Å². The van der Waals surface area contributed by atoms with Gasteiger partial charge in [-0.15, -0.1) is 0 Å². The Bertz CT molecular complexity index is 386. The molecule has 3 nitrogen and oxygen atoms in total. The summed E-state index contributed by atoms with van der Waals surface area (Å²) in [5.74, 6) is 0. The lowest BCUT2D eigenvalue weighted by atomic mass is 9.93. The van der Waals surface area contributed by atoms with Crippen LogP contribution >= 0.6 is 0 Å². The van der Waals surface area contributed by atoms with E-state index in [2.05, 4.69) is 11.4 Å². The molecule has 90 valence electrons. The van der Waals surface area contributed by atoms with Crippen LogP contribution in [0.4, 0.5) is 0 Å². The molecule has 1 aliphatic carbocycles. The molecule has 2 N–H and O–H groups in total. The molecule has 0 aliphatic heterocycles. The Labute approximate surface area is 102 Å². The molecule has 0 atom stereocenters. The van der Waals surface area contributed by atoms with Crippen molar-refractivity contribution in [3.05, 3.63) is 35.4 Å². The van der Waals surface area contributed by atoms with Gasteiger partial charge in [-0.05, 0) is 43.4 Å². The third-order valence-electron chi connectivity index (χ3n) is 3.37. The number of benzene rings is 1. The van der Waals surface area contributed by atoms with Crippen LogP contribution in [0.15, 0.2) is 24.3 Å². The molecule has 1 fully saturated rings. The quantitative estimate of drug-likeness (QED) is 0.834. The third kappa shape index (κ3) is 3.55. The summed E-state index contributed by atoms with van der Waals surface area (Å²) >= 11 is 0. The molecule has 1 aliphatic rings. The van der Waals surface area contributed by atoms with Crippen LogP contribution in [0.2, 0.25) is 0 Å². The molecule has 2 rings (SSSR count). The van der Waals surface area contributed by atoms with Crippen molar-refractivity contribution in [1.82, 2.24) is 5.32 Å². The molecule has 0 spiro atoms. The van der Waals surface area contributed by atoms with E-state index >= 15 is 0 Å². The van der Waals surface area contributed by atoms with Crippen LogP contribution in [-0.2, 0) is 6.54 Å². The number of aliphatic hydroxyl groups is 1. The summed E-state index contributed by atoms with van der Waals surface area (Å²) in [6, 6.07) is 10.3. The van der Waals surface area contributed by atoms with Crippen molar-refractivity contribution < 1.29 is 5.11 Å². The largest absolute Gasteiger partial charge is 0.393 e. The van der Waals surface area contributed by atoms with Gasteiger partial charge in [-0.3, -0.25) is 0 Å². The monoisotopic (exact) mass is 230 g/mol. The molecule has 0 radical (unpaired) electrons. The predicted molar refractivity (Wildman–Crippen MR) is 66.3 cm³/mol. The van der Waals surface area contributed by atoms with Crippen molar-refractivity contribution in [2.75, 3.05) is 0 Å². The van der Waals surface area contributed by atoms with Gasteiger partial charge < -0.3 is 10.4 Å². The SMILES string of the molecule is N#Cc1ccc(CNC2CCC(O)CC2)cc1. The van der Waals surface area contributed by atoms with Gasteiger partial charge in [-0.2, -0.15) is 5.26 Å². The van der Waals surface area contributed by atoms with Gasteiger partial charge in [-0.1, -0.05) is 12.1 Å². The number of nitriles is 1. The highest BCUT2D eigenvalue weighted by Gasteiger charge is 2.18. The number of hydrogen-bond acceptors (Lipinski definition) is 3. The highest BCUT2D eigenvalue weighted by atomic mass is 16.3. The van der Waals surface area contributed by atoms with Crippen LogP contribution in [0.3, 0.4) is 0 Å². The second-order valence-corrected chi connectivity index (χ2v) is 4.70. The fraction of sp³-hybridized carbons (Fsp3) is 0.500. The van der Waals surface area contributed by atoms with E-state index in [9.17, 15) is 5.11 Å². The molecule has 0 aromatic heterocycles. The van der Waals surface area contributed by atoms with Crippen molar-refractivity contribution >= 4 is 0 Å². The zero-order valence-corrected chi connectivity index (χ0v) is 9.89. The van der Waals surface area contributed by atoms with Crippen LogP contribution in [0.5, 0.6) is 0 Å². The molecule has 0 amide bonds. The maximum absolute atomic E-state index is 9.41. The molecule has 0 bridgehead atoms. The van der Waals surface area contributed by atoms with Crippen molar-refractivity contribution in [3.63, 3.8) is 0 Å². The first-order valence-corrected chi connectivity index (χ1v) is 6.18. The van der Waals surface area contributed by atoms with Crippen LogP contribution in [0.1, 0.15) is 36.8 Å². The topological polar surface area (TPSA) is 56.0 Å². The Morgan fingerprint density at radius 1 is 1.18 bits per heavy atom. The minimum atomic E-state index is -0.0945. The third-order valence-corrected chi connectivity index (χ3v) is 3.37. The van der Waals surface area contributed by atoms with E-state index < -0.39 is 0 Å². The summed E-state index contributed by atoms with van der Waals surface area (Å²) < 4.78 is 0. The van der Waals surface area contributed by atoms with Crippen molar-refractivity contribution in [2.24, 2.45) is 0 Å². The Hall–Kier alpha value is -1.37. The number of rotatable bonds is 3. The number of hydrogen-bond donors (Lipinski definition) is 2. The van der Waals surface area contributed by atoms with Gasteiger partial charge in [0.1, 0.15) is 0 Å². The molecule has 1 aromatic carbocycles. The smallest absolute Gasteiger partial charge is 0.0991 e. The van der Waals surface area contributed by atoms with E-state index in [0.29, 0.717) is 11.6 Å². The highest BCUT2D eigenvalue weighted by molar-refractivity contribution is 5.31. The Balaban J connectivity index is 1.79. The Morgan fingerprint density at radius 2 is 1.82 bits per heavy atom. The molecule has 0 unspecified atom stereocenters. The first-order chi connectivity index (χ1) is 8.28. The average Bonchev–Trinajstić information content (AvgIpc) is 2.39. The second-order valence-electron chi connectivity index (χ2n) is 4.70. The standard InChI is InChI=1S/C14H18N2O/c15-9-11-1-3-12(4-2-11)10-16-13-5-7-14(17)8-6-13/h1-4,13-14,16-17H,5-8,10H2. The van der Waals surface area contributed by atoms with E-state index in [1.807, 2.05) is 24.3 Å². The van der Waals surface area contributed by atoms with Gasteiger partial charge in [0, 0.05) is 12.6 Å². The minimum Gasteiger partial charge on any atom is -0.393 e. The maximum atomic E-state index is 9.41. The molecule has 17 heavy (non-hydrogen) atoms. The fourth-order valence-corrected chi connectivity index (χ4v) is 2.24. The van der Waals surface area contributed by atoms with E-state index in [1.165, 1.54) is 5.56 Å². The van der Waals surface area contributed by atoms with Crippen molar-refractivity contribution in [1.29, 1.82) is 5.26 Å². The highest BCUT2D eigenvalue weighted by Crippen LogP contribution is 2.18. The van der Waals surface area contributed by atoms with Gasteiger partial charge in [-0.25, -0.2) is 0 Å². The van der Waals surface area contributed by atoms with E-state index in [-0.39, 0.29) is 6.10 Å². The first-order valence-electron chi connectivity index (χ1n) is 6.18. The Kier molecular flexibility index (Phi) is 4.13. The van der Waals surface area contributed by atoms with Crippen molar-refractivity contribution in [3.8, 4) is 6.07 Å². The van der Waals surface area contributed by atoms with E-state index in [4.69, 9.17) is 5.26 Å². The minimum absolute atomic E-state index is 0.0945. The molecular weight excluding hydrogens is 212 g/mol. The fourth-order valence-electron chi connectivity index (χ4n) is 2.24. The van der Waals surface area contributed by atoms with Gasteiger partial charge in [0.15, 0.2) is 0 Å². The number of nitrogens with one attached hydrogen (secondary N) is 1. The molecule has 0 saturated heterocycles. The first kappa shape index (κ1) is 12.1. The van der Waals surface area contributed by atoms with Gasteiger partial charge in [0.2, 0.25) is 0 Å².